The van der Waals surface area contributed by atoms with Gasteiger partial charge in [-0.05, 0) is 18.2 Å². The van der Waals surface area contributed by atoms with Gasteiger partial charge in [-0.15, -0.1) is 0 Å². The van der Waals surface area contributed by atoms with E-state index in [1.54, 1.807) is 62.6 Å². The van der Waals surface area contributed by atoms with Gasteiger partial charge in [-0.1, -0.05) is 36.4 Å². The number of nitrogens with zero attached hydrogens (tertiary/aromatic N) is 1. The lowest BCUT2D eigenvalue weighted by Crippen LogP contribution is -2.22. The molecule has 0 aliphatic rings. The van der Waals surface area contributed by atoms with Crippen LogP contribution in [0.15, 0.2) is 54.6 Å². The standard InChI is InChI=1S/C19H20N2O3/c1-21(2)19(24)15-9-6-10-16(13-15)20-18(23)12-11-17(22)14-7-4-3-5-8-14/h3-10,13H,11-12H2,1-2H3,(H,20,23). The number of nitrogens with one attached hydrogen (secondary N) is 1. The number of anilines is 1. The lowest BCUT2D eigenvalue weighted by atomic mass is 10.1. The molecule has 2 rings (SSSR count). The minimum atomic E-state index is -0.256. The molecule has 5 nitrogen and oxygen atoms in total. The van der Waals surface area contributed by atoms with E-state index < -0.39 is 0 Å². The van der Waals surface area contributed by atoms with Crippen LogP contribution in [0.2, 0.25) is 0 Å². The average Bonchev–Trinajstić information content (AvgIpc) is 2.60. The van der Waals surface area contributed by atoms with E-state index in [-0.39, 0.29) is 30.4 Å². The van der Waals surface area contributed by atoms with E-state index in [2.05, 4.69) is 5.32 Å². The van der Waals surface area contributed by atoms with Gasteiger partial charge in [0.05, 0.1) is 0 Å². The highest BCUT2D eigenvalue weighted by atomic mass is 16.2. The maximum atomic E-state index is 12.0. The molecular formula is C19H20N2O3. The smallest absolute Gasteiger partial charge is 0.253 e. The molecule has 24 heavy (non-hydrogen) atoms. The Morgan fingerprint density at radius 1 is 0.875 bits per heavy atom. The van der Waals surface area contributed by atoms with Crippen molar-refractivity contribution >= 4 is 23.3 Å². The summed E-state index contributed by atoms with van der Waals surface area (Å²) in [6, 6.07) is 15.6. The van der Waals surface area contributed by atoms with Crippen molar-refractivity contribution < 1.29 is 14.4 Å². The van der Waals surface area contributed by atoms with Crippen molar-refractivity contribution in [2.75, 3.05) is 19.4 Å². The van der Waals surface area contributed by atoms with Gasteiger partial charge in [-0.25, -0.2) is 0 Å². The number of hydrogen-bond donors (Lipinski definition) is 1. The summed E-state index contributed by atoms with van der Waals surface area (Å²) in [6.45, 7) is 0. The van der Waals surface area contributed by atoms with Gasteiger partial charge in [-0.2, -0.15) is 0 Å². The monoisotopic (exact) mass is 324 g/mol. The third-order valence-corrected chi connectivity index (χ3v) is 3.47. The van der Waals surface area contributed by atoms with Gasteiger partial charge in [0.25, 0.3) is 5.91 Å². The molecule has 0 bridgehead atoms. The van der Waals surface area contributed by atoms with Crippen molar-refractivity contribution in [2.45, 2.75) is 12.8 Å². The molecule has 2 aromatic rings. The first-order valence-electron chi connectivity index (χ1n) is 7.67. The van der Waals surface area contributed by atoms with Crippen LogP contribution in [0.5, 0.6) is 0 Å². The molecule has 124 valence electrons. The number of rotatable bonds is 6. The zero-order valence-electron chi connectivity index (χ0n) is 13.8. The predicted octanol–water partition coefficient (Wildman–Crippen LogP) is 2.99. The molecule has 0 heterocycles. The molecule has 0 aromatic heterocycles. The highest BCUT2D eigenvalue weighted by Crippen LogP contribution is 2.13. The van der Waals surface area contributed by atoms with Crippen molar-refractivity contribution in [1.82, 2.24) is 4.90 Å². The molecule has 0 saturated carbocycles. The van der Waals surface area contributed by atoms with Crippen LogP contribution in [-0.2, 0) is 4.79 Å². The van der Waals surface area contributed by atoms with Gasteiger partial charge < -0.3 is 10.2 Å². The number of benzene rings is 2. The van der Waals surface area contributed by atoms with Gasteiger partial charge in [0, 0.05) is 43.8 Å². The van der Waals surface area contributed by atoms with Crippen molar-refractivity contribution in [1.29, 1.82) is 0 Å². The van der Waals surface area contributed by atoms with Crippen molar-refractivity contribution in [2.24, 2.45) is 0 Å². The summed E-state index contributed by atoms with van der Waals surface area (Å²) in [5, 5.41) is 2.72. The predicted molar refractivity (Wildman–Crippen MR) is 93.1 cm³/mol. The molecule has 0 unspecified atom stereocenters. The molecule has 0 aliphatic carbocycles. The normalized spacial score (nSPS) is 10.1. The van der Waals surface area contributed by atoms with Gasteiger partial charge in [0.1, 0.15) is 0 Å². The topological polar surface area (TPSA) is 66.5 Å². The number of Topliss-reactive ketones (excluding diaryl/α,β-unsaturated/α-hetero) is 1. The number of carbonyl (C=O) groups is 3. The Balaban J connectivity index is 1.92. The number of ketones is 1. The highest BCUT2D eigenvalue weighted by Gasteiger charge is 2.11. The molecule has 5 heteroatoms. The lowest BCUT2D eigenvalue weighted by molar-refractivity contribution is -0.116. The molecular weight excluding hydrogens is 304 g/mol. The van der Waals surface area contributed by atoms with E-state index in [4.69, 9.17) is 0 Å². The van der Waals surface area contributed by atoms with E-state index in [1.807, 2.05) is 6.07 Å². The van der Waals surface area contributed by atoms with Crippen LogP contribution < -0.4 is 5.32 Å². The first kappa shape index (κ1) is 17.4. The van der Waals surface area contributed by atoms with E-state index in [9.17, 15) is 14.4 Å². The Bertz CT molecular complexity index is 739. The molecule has 2 aromatic carbocycles. The molecule has 2 amide bonds. The molecule has 0 saturated heterocycles. The molecule has 0 fully saturated rings. The van der Waals surface area contributed by atoms with Gasteiger partial charge in [0.15, 0.2) is 5.78 Å². The number of amides is 2. The van der Waals surface area contributed by atoms with E-state index in [0.717, 1.165) is 0 Å². The second kappa shape index (κ2) is 8.06. The van der Waals surface area contributed by atoms with E-state index >= 15 is 0 Å². The Labute approximate surface area is 141 Å². The Morgan fingerprint density at radius 2 is 1.54 bits per heavy atom. The van der Waals surface area contributed by atoms with Crippen LogP contribution in [-0.4, -0.2) is 36.6 Å². The zero-order valence-corrected chi connectivity index (χ0v) is 13.8. The second-order valence-electron chi connectivity index (χ2n) is 5.62. The zero-order chi connectivity index (χ0) is 17.5. The maximum absolute atomic E-state index is 12.0. The van der Waals surface area contributed by atoms with Crippen LogP contribution >= 0.6 is 0 Å². The highest BCUT2D eigenvalue weighted by molar-refractivity contribution is 6.00. The summed E-state index contributed by atoms with van der Waals surface area (Å²) >= 11 is 0. The van der Waals surface area contributed by atoms with Crippen LogP contribution in [0.3, 0.4) is 0 Å². The summed E-state index contributed by atoms with van der Waals surface area (Å²) in [4.78, 5) is 37.4. The van der Waals surface area contributed by atoms with Gasteiger partial charge in [-0.3, -0.25) is 14.4 Å². The quantitative estimate of drug-likeness (QED) is 0.831. The fourth-order valence-electron chi connectivity index (χ4n) is 2.21. The molecule has 0 radical (unpaired) electrons. The molecule has 0 aliphatic heterocycles. The summed E-state index contributed by atoms with van der Waals surface area (Å²) in [5.41, 5.74) is 1.64. The van der Waals surface area contributed by atoms with Crippen LogP contribution in [0.4, 0.5) is 5.69 Å². The van der Waals surface area contributed by atoms with Crippen LogP contribution in [0.25, 0.3) is 0 Å². The van der Waals surface area contributed by atoms with Crippen molar-refractivity contribution in [3.05, 3.63) is 65.7 Å². The van der Waals surface area contributed by atoms with Gasteiger partial charge >= 0.3 is 0 Å². The first-order valence-corrected chi connectivity index (χ1v) is 7.67. The fraction of sp³-hybridized carbons (Fsp3) is 0.211. The lowest BCUT2D eigenvalue weighted by Gasteiger charge is -2.11. The maximum Gasteiger partial charge on any atom is 0.253 e. The van der Waals surface area contributed by atoms with Gasteiger partial charge in [0.2, 0.25) is 5.91 Å². The van der Waals surface area contributed by atoms with Crippen LogP contribution in [0.1, 0.15) is 33.6 Å². The summed E-state index contributed by atoms with van der Waals surface area (Å²) < 4.78 is 0. The number of hydrogen-bond acceptors (Lipinski definition) is 3. The fourth-order valence-corrected chi connectivity index (χ4v) is 2.21. The molecule has 0 spiro atoms. The Morgan fingerprint density at radius 3 is 2.21 bits per heavy atom. The van der Waals surface area contributed by atoms with Crippen molar-refractivity contribution in [3.8, 4) is 0 Å². The third kappa shape index (κ3) is 4.78. The van der Waals surface area contributed by atoms with Crippen LogP contribution in [0, 0.1) is 0 Å². The SMILES string of the molecule is CN(C)C(=O)c1cccc(NC(=O)CCC(=O)c2ccccc2)c1. The summed E-state index contributed by atoms with van der Waals surface area (Å²) in [5.74, 6) is -0.457. The third-order valence-electron chi connectivity index (χ3n) is 3.47. The Hall–Kier alpha value is -2.95. The average molecular weight is 324 g/mol. The minimum Gasteiger partial charge on any atom is -0.345 e. The van der Waals surface area contributed by atoms with Crippen molar-refractivity contribution in [3.63, 3.8) is 0 Å². The van der Waals surface area contributed by atoms with E-state index in [1.165, 1.54) is 4.90 Å². The largest absolute Gasteiger partial charge is 0.345 e. The van der Waals surface area contributed by atoms with E-state index in [0.29, 0.717) is 16.8 Å². The minimum absolute atomic E-state index is 0.0673. The molecule has 0 atom stereocenters. The summed E-state index contributed by atoms with van der Waals surface area (Å²) in [6.07, 6.45) is 0.242. The summed E-state index contributed by atoms with van der Waals surface area (Å²) in [7, 11) is 3.34. The second-order valence-corrected chi connectivity index (χ2v) is 5.62. The first-order chi connectivity index (χ1) is 11.5. The molecule has 1 N–H and O–H groups in total. The Kier molecular flexibility index (Phi) is 5.84. The number of carbonyl (C=O) groups excluding carboxylic acids is 3.